The average Bonchev–Trinajstić information content (AvgIpc) is 2.71. The van der Waals surface area contributed by atoms with Crippen molar-refractivity contribution in [1.82, 2.24) is 20.1 Å². The minimum Gasteiger partial charge on any atom is -0.369 e. The van der Waals surface area contributed by atoms with Crippen LogP contribution in [-0.4, -0.2) is 26.7 Å². The van der Waals surface area contributed by atoms with Crippen LogP contribution in [-0.2, 0) is 6.42 Å². The molecule has 0 bridgehead atoms. The van der Waals surface area contributed by atoms with Crippen LogP contribution in [0.1, 0.15) is 5.82 Å². The quantitative estimate of drug-likeness (QED) is 0.745. The van der Waals surface area contributed by atoms with Crippen LogP contribution in [0.2, 0.25) is 0 Å². The zero-order chi connectivity index (χ0) is 10.5. The Hall–Kier alpha value is -2.05. The van der Waals surface area contributed by atoms with Gasteiger partial charge in [0.05, 0.1) is 0 Å². The summed E-state index contributed by atoms with van der Waals surface area (Å²) < 4.78 is 17.2. The second-order valence-electron chi connectivity index (χ2n) is 2.75. The van der Waals surface area contributed by atoms with Crippen molar-refractivity contribution in [1.29, 1.82) is 0 Å². The molecule has 1 N–H and O–H groups in total. The monoisotopic (exact) mass is 209 g/mol. The number of hydrogen-bond donors (Lipinski definition) is 1. The molecular formula is C8H8FN5O. The lowest BCUT2D eigenvalue weighted by Crippen LogP contribution is -2.07. The van der Waals surface area contributed by atoms with Crippen LogP contribution >= 0.6 is 0 Å². The van der Waals surface area contributed by atoms with Crippen molar-refractivity contribution in [3.63, 3.8) is 0 Å². The molecule has 6 nitrogen and oxygen atoms in total. The van der Waals surface area contributed by atoms with Gasteiger partial charge in [-0.15, -0.1) is 0 Å². The normalized spacial score (nSPS) is 10.2. The summed E-state index contributed by atoms with van der Waals surface area (Å²) in [5.41, 5.74) is 0. The molecule has 0 aliphatic rings. The summed E-state index contributed by atoms with van der Waals surface area (Å²) in [5, 5.41) is 6.54. The Kier molecular flexibility index (Phi) is 2.82. The van der Waals surface area contributed by atoms with E-state index in [0.29, 0.717) is 24.6 Å². The molecule has 0 unspecified atom stereocenters. The number of nitrogens with zero attached hydrogens (tertiary/aromatic N) is 4. The number of hydrogen-bond acceptors (Lipinski definition) is 6. The first-order chi connectivity index (χ1) is 7.34. The van der Waals surface area contributed by atoms with Gasteiger partial charge in [-0.3, -0.25) is 0 Å². The first-order valence-corrected chi connectivity index (χ1v) is 4.31. The summed E-state index contributed by atoms with van der Waals surface area (Å²) in [5.74, 6) is 0.468. The summed E-state index contributed by atoms with van der Waals surface area (Å²) in [4.78, 5) is 11.0. The number of rotatable bonds is 4. The molecule has 2 rings (SSSR count). The van der Waals surface area contributed by atoms with Crippen molar-refractivity contribution in [3.8, 4) is 0 Å². The van der Waals surface area contributed by atoms with E-state index in [2.05, 4.69) is 29.9 Å². The zero-order valence-corrected chi connectivity index (χ0v) is 7.72. The molecule has 0 aliphatic heterocycles. The highest BCUT2D eigenvalue weighted by atomic mass is 19.1. The molecule has 78 valence electrons. The Balaban J connectivity index is 1.83. The fourth-order valence-electron chi connectivity index (χ4n) is 1.04. The van der Waals surface area contributed by atoms with Gasteiger partial charge in [0, 0.05) is 19.0 Å². The van der Waals surface area contributed by atoms with Gasteiger partial charge in [-0.05, 0) is 0 Å². The molecule has 15 heavy (non-hydrogen) atoms. The fourth-order valence-corrected chi connectivity index (χ4v) is 1.04. The van der Waals surface area contributed by atoms with E-state index in [1.165, 1.54) is 12.5 Å². The van der Waals surface area contributed by atoms with Crippen LogP contribution in [0.25, 0.3) is 0 Å². The second-order valence-corrected chi connectivity index (χ2v) is 2.75. The third kappa shape index (κ3) is 2.70. The van der Waals surface area contributed by atoms with Crippen LogP contribution in [0, 0.1) is 5.95 Å². The van der Waals surface area contributed by atoms with Crippen molar-refractivity contribution >= 4 is 5.82 Å². The van der Waals surface area contributed by atoms with Gasteiger partial charge in [0.15, 0.2) is 5.82 Å². The maximum Gasteiger partial charge on any atom is 0.217 e. The van der Waals surface area contributed by atoms with Gasteiger partial charge in [0.1, 0.15) is 12.1 Å². The number of halogens is 1. The molecule has 7 heteroatoms. The second kappa shape index (κ2) is 4.45. The van der Waals surface area contributed by atoms with E-state index in [1.54, 1.807) is 0 Å². The van der Waals surface area contributed by atoms with Gasteiger partial charge < -0.3 is 9.84 Å². The van der Waals surface area contributed by atoms with Crippen molar-refractivity contribution in [2.24, 2.45) is 0 Å². The van der Waals surface area contributed by atoms with Crippen molar-refractivity contribution in [2.75, 3.05) is 11.9 Å². The van der Waals surface area contributed by atoms with E-state index < -0.39 is 5.95 Å². The van der Waals surface area contributed by atoms with Crippen LogP contribution in [0.4, 0.5) is 10.2 Å². The number of nitrogens with one attached hydrogen (secondary N) is 1. The molecule has 0 spiro atoms. The van der Waals surface area contributed by atoms with Gasteiger partial charge in [-0.2, -0.15) is 9.37 Å². The fraction of sp³-hybridized carbons (Fsp3) is 0.250. The van der Waals surface area contributed by atoms with E-state index in [9.17, 15) is 4.39 Å². The lowest BCUT2D eigenvalue weighted by molar-refractivity contribution is 0.410. The molecule has 0 aliphatic carbocycles. The van der Waals surface area contributed by atoms with Gasteiger partial charge in [-0.1, -0.05) is 5.16 Å². The zero-order valence-electron chi connectivity index (χ0n) is 7.72. The minimum absolute atomic E-state index is 0.436. The van der Waals surface area contributed by atoms with E-state index in [4.69, 9.17) is 0 Å². The first-order valence-electron chi connectivity index (χ1n) is 4.31. The number of aromatic nitrogens is 4. The van der Waals surface area contributed by atoms with E-state index in [1.807, 2.05) is 0 Å². The Morgan fingerprint density at radius 3 is 3.00 bits per heavy atom. The highest BCUT2D eigenvalue weighted by Crippen LogP contribution is 2.02. The van der Waals surface area contributed by atoms with Crippen LogP contribution < -0.4 is 5.32 Å². The molecule has 2 heterocycles. The summed E-state index contributed by atoms with van der Waals surface area (Å²) in [7, 11) is 0. The lowest BCUT2D eigenvalue weighted by atomic mass is 10.4. The summed E-state index contributed by atoms with van der Waals surface area (Å²) in [6, 6.07) is 1.22. The largest absolute Gasteiger partial charge is 0.369 e. The summed E-state index contributed by atoms with van der Waals surface area (Å²) in [6.07, 6.45) is 3.01. The molecule has 0 radical (unpaired) electrons. The molecule has 0 amide bonds. The van der Waals surface area contributed by atoms with Gasteiger partial charge in [0.2, 0.25) is 12.3 Å². The lowest BCUT2D eigenvalue weighted by Gasteiger charge is -2.02. The molecule has 0 fully saturated rings. The predicted molar refractivity (Wildman–Crippen MR) is 48.5 cm³/mol. The molecule has 0 saturated carbocycles. The maximum absolute atomic E-state index is 12.6. The Morgan fingerprint density at radius 2 is 2.27 bits per heavy atom. The van der Waals surface area contributed by atoms with E-state index >= 15 is 0 Å². The van der Waals surface area contributed by atoms with Crippen LogP contribution in [0.3, 0.4) is 0 Å². The molecule has 2 aromatic heterocycles. The highest BCUT2D eigenvalue weighted by molar-refractivity contribution is 5.31. The molecular weight excluding hydrogens is 201 g/mol. The molecule has 0 saturated heterocycles. The smallest absolute Gasteiger partial charge is 0.217 e. The minimum atomic E-state index is -0.563. The van der Waals surface area contributed by atoms with Crippen LogP contribution in [0.15, 0.2) is 23.3 Å². The summed E-state index contributed by atoms with van der Waals surface area (Å²) in [6.45, 7) is 0.552. The van der Waals surface area contributed by atoms with Gasteiger partial charge >= 0.3 is 0 Å². The predicted octanol–water partition coefficient (Wildman–Crippen LogP) is 0.653. The third-order valence-electron chi connectivity index (χ3n) is 1.70. The standard InChI is InChI=1S/C8H8FN5O/c9-6-3-8(12-4-11-6)10-2-1-7-13-5-15-14-7/h3-5H,1-2H2,(H,10,11,12). The number of anilines is 1. The molecule has 0 atom stereocenters. The Bertz CT molecular complexity index is 419. The Morgan fingerprint density at radius 1 is 1.33 bits per heavy atom. The maximum atomic E-state index is 12.6. The highest BCUT2D eigenvalue weighted by Gasteiger charge is 1.99. The van der Waals surface area contributed by atoms with E-state index in [-0.39, 0.29) is 0 Å². The van der Waals surface area contributed by atoms with Crippen molar-refractivity contribution < 1.29 is 8.91 Å². The van der Waals surface area contributed by atoms with E-state index in [0.717, 1.165) is 6.33 Å². The Labute approximate surface area is 84.6 Å². The van der Waals surface area contributed by atoms with Gasteiger partial charge in [-0.25, -0.2) is 9.97 Å². The molecule has 0 aromatic carbocycles. The van der Waals surface area contributed by atoms with Crippen molar-refractivity contribution in [3.05, 3.63) is 30.6 Å². The SMILES string of the molecule is Fc1cc(NCCc2ncon2)ncn1. The van der Waals surface area contributed by atoms with Gasteiger partial charge in [0.25, 0.3) is 0 Å². The average molecular weight is 209 g/mol. The third-order valence-corrected chi connectivity index (χ3v) is 1.70. The van der Waals surface area contributed by atoms with Crippen molar-refractivity contribution in [2.45, 2.75) is 6.42 Å². The first kappa shape index (κ1) is 9.50. The topological polar surface area (TPSA) is 76.7 Å². The molecule has 2 aromatic rings. The van der Waals surface area contributed by atoms with Crippen LogP contribution in [0.5, 0.6) is 0 Å². The summed E-state index contributed by atoms with van der Waals surface area (Å²) >= 11 is 0.